The molecule has 1 atom stereocenters. The summed E-state index contributed by atoms with van der Waals surface area (Å²) >= 11 is 0. The fraction of sp³-hybridized carbons (Fsp3) is 0.929. The average molecular weight is 255 g/mol. The van der Waals surface area contributed by atoms with E-state index in [1.165, 1.54) is 6.42 Å². The van der Waals surface area contributed by atoms with Crippen LogP contribution < -0.4 is 0 Å². The van der Waals surface area contributed by atoms with Gasteiger partial charge in [0.1, 0.15) is 6.10 Å². The molecule has 0 unspecified atom stereocenters. The van der Waals surface area contributed by atoms with Gasteiger partial charge in [-0.2, -0.15) is 0 Å². The van der Waals surface area contributed by atoms with Crippen molar-refractivity contribution < 1.29 is 14.3 Å². The highest BCUT2D eigenvalue weighted by Crippen LogP contribution is 2.37. The molecular formula is C14H25NO3. The van der Waals surface area contributed by atoms with E-state index in [4.69, 9.17) is 9.47 Å². The molecular weight excluding hydrogens is 230 g/mol. The van der Waals surface area contributed by atoms with Crippen molar-refractivity contribution in [1.29, 1.82) is 0 Å². The Kier molecular flexibility index (Phi) is 4.62. The summed E-state index contributed by atoms with van der Waals surface area (Å²) in [7, 11) is 1.70. The van der Waals surface area contributed by atoms with Gasteiger partial charge in [-0.05, 0) is 26.2 Å². The van der Waals surface area contributed by atoms with Gasteiger partial charge in [0.25, 0.3) is 0 Å². The molecule has 4 heteroatoms. The van der Waals surface area contributed by atoms with Crippen LogP contribution >= 0.6 is 0 Å². The molecule has 0 amide bonds. The van der Waals surface area contributed by atoms with Gasteiger partial charge < -0.3 is 9.47 Å². The number of carbonyl (C=O) groups excluding carboxylic acids is 1. The number of carbonyl (C=O) groups is 1. The zero-order chi connectivity index (χ0) is 13.0. The predicted octanol–water partition coefficient (Wildman–Crippen LogP) is 2.18. The molecule has 0 aromatic heterocycles. The van der Waals surface area contributed by atoms with Crippen molar-refractivity contribution in [3.8, 4) is 0 Å². The van der Waals surface area contributed by atoms with Gasteiger partial charge in [0, 0.05) is 20.2 Å². The Morgan fingerprint density at radius 2 is 2.06 bits per heavy atom. The molecule has 18 heavy (non-hydrogen) atoms. The molecule has 1 saturated carbocycles. The molecule has 2 fully saturated rings. The molecule has 4 nitrogen and oxygen atoms in total. The lowest BCUT2D eigenvalue weighted by atomic mass is 9.76. The smallest absolute Gasteiger partial charge is 0.312 e. The van der Waals surface area contributed by atoms with Gasteiger partial charge in [-0.15, -0.1) is 0 Å². The number of hydrogen-bond acceptors (Lipinski definition) is 4. The summed E-state index contributed by atoms with van der Waals surface area (Å²) < 4.78 is 10.8. The molecule has 0 spiro atoms. The predicted molar refractivity (Wildman–Crippen MR) is 69.1 cm³/mol. The molecule has 1 aliphatic heterocycles. The lowest BCUT2D eigenvalue weighted by Crippen LogP contribution is -2.35. The van der Waals surface area contributed by atoms with E-state index >= 15 is 0 Å². The summed E-state index contributed by atoms with van der Waals surface area (Å²) in [5, 5.41) is 0. The lowest BCUT2D eigenvalue weighted by Gasteiger charge is -2.32. The maximum Gasteiger partial charge on any atom is 0.312 e. The highest BCUT2D eigenvalue weighted by Gasteiger charge is 2.38. The van der Waals surface area contributed by atoms with E-state index < -0.39 is 0 Å². The summed E-state index contributed by atoms with van der Waals surface area (Å²) in [6, 6.07) is 0. The van der Waals surface area contributed by atoms with Crippen molar-refractivity contribution in [3.05, 3.63) is 0 Å². The summed E-state index contributed by atoms with van der Waals surface area (Å²) in [5.41, 5.74) is -0.229. The van der Waals surface area contributed by atoms with E-state index in [9.17, 15) is 4.79 Å². The van der Waals surface area contributed by atoms with Crippen LogP contribution in [0.5, 0.6) is 0 Å². The van der Waals surface area contributed by atoms with Crippen LogP contribution in [0, 0.1) is 5.41 Å². The Morgan fingerprint density at radius 3 is 2.72 bits per heavy atom. The number of rotatable bonds is 4. The standard InChI is InChI=1S/C14H25NO3/c1-14(7-4-3-5-8-14)13(16)18-12-6-9-15(10-12)11-17-2/h12H,3-11H2,1-2H3/t12-/m1/s1. The average Bonchev–Trinajstić information content (AvgIpc) is 2.78. The lowest BCUT2D eigenvalue weighted by molar-refractivity contribution is -0.162. The van der Waals surface area contributed by atoms with E-state index in [-0.39, 0.29) is 17.5 Å². The van der Waals surface area contributed by atoms with Gasteiger partial charge in [-0.25, -0.2) is 0 Å². The van der Waals surface area contributed by atoms with Crippen molar-refractivity contribution in [1.82, 2.24) is 4.90 Å². The quantitative estimate of drug-likeness (QED) is 0.722. The fourth-order valence-corrected chi connectivity index (χ4v) is 3.02. The number of likely N-dealkylation sites (tertiary alicyclic amines) is 1. The summed E-state index contributed by atoms with van der Waals surface area (Å²) in [6.45, 7) is 4.47. The summed E-state index contributed by atoms with van der Waals surface area (Å²) in [4.78, 5) is 14.5. The first-order valence-corrected chi connectivity index (χ1v) is 7.06. The number of esters is 1. The summed E-state index contributed by atoms with van der Waals surface area (Å²) in [5.74, 6) is 0.0199. The van der Waals surface area contributed by atoms with Crippen molar-refractivity contribution >= 4 is 5.97 Å². The topological polar surface area (TPSA) is 38.8 Å². The molecule has 1 aliphatic carbocycles. The van der Waals surface area contributed by atoms with Gasteiger partial charge in [-0.3, -0.25) is 9.69 Å². The Bertz CT molecular complexity index is 287. The van der Waals surface area contributed by atoms with E-state index in [1.807, 2.05) is 0 Å². The highest BCUT2D eigenvalue weighted by atomic mass is 16.5. The third kappa shape index (κ3) is 3.23. The van der Waals surface area contributed by atoms with Crippen molar-refractivity contribution in [2.24, 2.45) is 5.41 Å². The van der Waals surface area contributed by atoms with Crippen molar-refractivity contribution in [2.45, 2.75) is 51.6 Å². The Hall–Kier alpha value is -0.610. The first-order valence-electron chi connectivity index (χ1n) is 7.06. The van der Waals surface area contributed by atoms with Crippen LogP contribution in [-0.2, 0) is 14.3 Å². The van der Waals surface area contributed by atoms with Crippen LogP contribution in [0.4, 0.5) is 0 Å². The van der Waals surface area contributed by atoms with Gasteiger partial charge >= 0.3 is 5.97 Å². The second kappa shape index (κ2) is 6.02. The number of methoxy groups -OCH3 is 1. The van der Waals surface area contributed by atoms with Gasteiger partial charge in [0.15, 0.2) is 0 Å². The minimum Gasteiger partial charge on any atom is -0.461 e. The van der Waals surface area contributed by atoms with E-state index in [1.54, 1.807) is 7.11 Å². The molecule has 104 valence electrons. The van der Waals surface area contributed by atoms with Crippen LogP contribution in [0.15, 0.2) is 0 Å². The third-order valence-electron chi connectivity index (χ3n) is 4.26. The molecule has 0 N–H and O–H groups in total. The zero-order valence-corrected chi connectivity index (χ0v) is 11.6. The molecule has 0 aromatic rings. The molecule has 2 rings (SSSR count). The van der Waals surface area contributed by atoms with Crippen molar-refractivity contribution in [2.75, 3.05) is 26.9 Å². The maximum atomic E-state index is 12.3. The molecule has 0 aromatic carbocycles. The third-order valence-corrected chi connectivity index (χ3v) is 4.26. The van der Waals surface area contributed by atoms with Gasteiger partial charge in [-0.1, -0.05) is 19.3 Å². The Labute approximate surface area is 110 Å². The molecule has 0 radical (unpaired) electrons. The fourth-order valence-electron chi connectivity index (χ4n) is 3.02. The highest BCUT2D eigenvalue weighted by molar-refractivity contribution is 5.76. The van der Waals surface area contributed by atoms with Crippen LogP contribution in [-0.4, -0.2) is 43.9 Å². The monoisotopic (exact) mass is 255 g/mol. The zero-order valence-electron chi connectivity index (χ0n) is 11.6. The van der Waals surface area contributed by atoms with Crippen LogP contribution in [0.1, 0.15) is 45.4 Å². The first-order chi connectivity index (χ1) is 8.64. The van der Waals surface area contributed by atoms with Gasteiger partial charge in [0.05, 0.1) is 12.1 Å². The molecule has 1 heterocycles. The normalized spacial score (nSPS) is 28.2. The molecule has 2 aliphatic rings. The van der Waals surface area contributed by atoms with Crippen molar-refractivity contribution in [3.63, 3.8) is 0 Å². The summed E-state index contributed by atoms with van der Waals surface area (Å²) in [6.07, 6.45) is 6.55. The number of ether oxygens (including phenoxy) is 2. The van der Waals surface area contributed by atoms with Crippen LogP contribution in [0.2, 0.25) is 0 Å². The molecule has 0 bridgehead atoms. The van der Waals surface area contributed by atoms with E-state index in [2.05, 4.69) is 11.8 Å². The Morgan fingerprint density at radius 1 is 1.33 bits per heavy atom. The van der Waals surface area contributed by atoms with Gasteiger partial charge in [0.2, 0.25) is 0 Å². The Balaban J connectivity index is 1.81. The maximum absolute atomic E-state index is 12.3. The van der Waals surface area contributed by atoms with Crippen LogP contribution in [0.3, 0.4) is 0 Å². The van der Waals surface area contributed by atoms with E-state index in [0.717, 1.165) is 45.2 Å². The second-order valence-corrected chi connectivity index (χ2v) is 5.93. The minimum atomic E-state index is -0.229. The number of nitrogens with zero attached hydrogens (tertiary/aromatic N) is 1. The number of hydrogen-bond donors (Lipinski definition) is 0. The SMILES string of the molecule is COCN1CC[C@@H](OC(=O)C2(C)CCCCC2)C1. The van der Waals surface area contributed by atoms with E-state index in [0.29, 0.717) is 6.73 Å². The molecule has 1 saturated heterocycles. The minimum absolute atomic E-state index is 0.0199. The first kappa shape index (κ1) is 13.8. The second-order valence-electron chi connectivity index (χ2n) is 5.93. The van der Waals surface area contributed by atoms with Crippen LogP contribution in [0.25, 0.3) is 0 Å². The largest absolute Gasteiger partial charge is 0.461 e.